The molecule has 0 spiro atoms. The van der Waals surface area contributed by atoms with E-state index in [1.165, 1.54) is 30.8 Å². The molecule has 0 aliphatic carbocycles. The summed E-state index contributed by atoms with van der Waals surface area (Å²) in [5.74, 6) is 0.232. The number of ketones is 1. The molecule has 2 aromatic heterocycles. The van der Waals surface area contributed by atoms with E-state index in [1.807, 2.05) is 62.0 Å². The van der Waals surface area contributed by atoms with Gasteiger partial charge >= 0.3 is 0 Å². The number of rotatable bonds is 8. The summed E-state index contributed by atoms with van der Waals surface area (Å²) in [7, 11) is 0. The summed E-state index contributed by atoms with van der Waals surface area (Å²) in [6.45, 7) is 16.1. The van der Waals surface area contributed by atoms with Crippen LogP contribution in [-0.4, -0.2) is 33.7 Å². The van der Waals surface area contributed by atoms with E-state index >= 15 is 0 Å². The molecule has 0 fully saturated rings. The third-order valence-corrected chi connectivity index (χ3v) is 6.53. The molecule has 3 rings (SSSR count). The standard InChI is InChI=1S/C25H28N4O3S.C5H12/c1-16-12-19(9-8-18(16)7-6-17(2)30)21-15-33-24(27-21)28-22(31)13-26-23(32)20-10-11-29(14-20)25(3,4)5;1-4-5(2)3/h6-12,14-15H,13H2,1-5H3,(H,26,32)(H,27,28,31);5H,4H2,1-3H3/b7-6-;. The quantitative estimate of drug-likeness (QED) is 0.313. The smallest absolute Gasteiger partial charge is 0.253 e. The number of aryl methyl sites for hydroxylation is 1. The van der Waals surface area contributed by atoms with E-state index in [4.69, 9.17) is 0 Å². The van der Waals surface area contributed by atoms with Gasteiger partial charge in [0.15, 0.2) is 10.9 Å². The Balaban J connectivity index is 0.000000926. The second-order valence-corrected chi connectivity index (χ2v) is 11.4. The van der Waals surface area contributed by atoms with Gasteiger partial charge < -0.3 is 15.2 Å². The second kappa shape index (κ2) is 13.9. The highest BCUT2D eigenvalue weighted by Gasteiger charge is 2.16. The first-order valence-corrected chi connectivity index (χ1v) is 13.7. The van der Waals surface area contributed by atoms with E-state index in [0.717, 1.165) is 28.3 Å². The second-order valence-electron chi connectivity index (χ2n) is 10.6. The van der Waals surface area contributed by atoms with Crippen molar-refractivity contribution in [2.45, 2.75) is 67.3 Å². The normalized spacial score (nSPS) is 11.3. The Morgan fingerprint density at radius 1 is 1.16 bits per heavy atom. The third kappa shape index (κ3) is 9.74. The van der Waals surface area contributed by atoms with Gasteiger partial charge in [0.2, 0.25) is 5.91 Å². The summed E-state index contributed by atoms with van der Waals surface area (Å²) in [6.07, 6.45) is 8.25. The summed E-state index contributed by atoms with van der Waals surface area (Å²) in [4.78, 5) is 40.2. The Kier molecular flexibility index (Phi) is 11.2. The van der Waals surface area contributed by atoms with Crippen LogP contribution in [-0.2, 0) is 15.1 Å². The average Bonchev–Trinajstić information content (AvgIpc) is 3.52. The van der Waals surface area contributed by atoms with Crippen LogP contribution in [0.2, 0.25) is 0 Å². The molecular formula is C30H40N4O3S. The molecule has 204 valence electrons. The Bertz CT molecular complexity index is 1280. The van der Waals surface area contributed by atoms with Crippen LogP contribution < -0.4 is 10.6 Å². The highest BCUT2D eigenvalue weighted by Crippen LogP contribution is 2.27. The molecule has 2 amide bonds. The van der Waals surface area contributed by atoms with Gasteiger partial charge in [-0.15, -0.1) is 11.3 Å². The summed E-state index contributed by atoms with van der Waals surface area (Å²) in [5.41, 5.74) is 4.03. The Morgan fingerprint density at radius 3 is 2.39 bits per heavy atom. The Morgan fingerprint density at radius 2 is 1.84 bits per heavy atom. The molecule has 0 bridgehead atoms. The number of amides is 2. The molecule has 0 atom stereocenters. The van der Waals surface area contributed by atoms with Gasteiger partial charge in [0.05, 0.1) is 17.8 Å². The van der Waals surface area contributed by atoms with Crippen LogP contribution in [0.25, 0.3) is 17.3 Å². The van der Waals surface area contributed by atoms with Crippen LogP contribution >= 0.6 is 11.3 Å². The van der Waals surface area contributed by atoms with Crippen molar-refractivity contribution in [3.05, 3.63) is 64.8 Å². The predicted molar refractivity (Wildman–Crippen MR) is 158 cm³/mol. The van der Waals surface area contributed by atoms with Crippen LogP contribution in [0.5, 0.6) is 0 Å². The minimum Gasteiger partial charge on any atom is -0.348 e. The minimum atomic E-state index is -0.347. The number of carbonyl (C=O) groups excluding carboxylic acids is 3. The van der Waals surface area contributed by atoms with Gasteiger partial charge in [0.1, 0.15) is 0 Å². The van der Waals surface area contributed by atoms with Crippen LogP contribution in [0.15, 0.2) is 48.1 Å². The number of benzene rings is 1. The topological polar surface area (TPSA) is 93.1 Å². The first-order valence-electron chi connectivity index (χ1n) is 12.8. The van der Waals surface area contributed by atoms with Crippen LogP contribution in [0.1, 0.15) is 76.4 Å². The predicted octanol–water partition coefficient (Wildman–Crippen LogP) is 6.70. The maximum absolute atomic E-state index is 12.3. The summed E-state index contributed by atoms with van der Waals surface area (Å²) >= 11 is 1.32. The molecule has 2 heterocycles. The summed E-state index contributed by atoms with van der Waals surface area (Å²) in [6, 6.07) is 7.58. The molecule has 8 heteroatoms. The first-order chi connectivity index (χ1) is 17.8. The van der Waals surface area contributed by atoms with Crippen molar-refractivity contribution in [2.75, 3.05) is 11.9 Å². The van der Waals surface area contributed by atoms with E-state index < -0.39 is 0 Å². The lowest BCUT2D eigenvalue weighted by atomic mass is 10.0. The molecule has 0 saturated carbocycles. The lowest BCUT2D eigenvalue weighted by molar-refractivity contribution is -0.115. The van der Waals surface area contributed by atoms with E-state index in [2.05, 4.69) is 36.4 Å². The maximum Gasteiger partial charge on any atom is 0.253 e. The zero-order valence-electron chi connectivity index (χ0n) is 23.7. The minimum absolute atomic E-state index is 0.00198. The van der Waals surface area contributed by atoms with Crippen molar-refractivity contribution in [1.82, 2.24) is 14.9 Å². The molecule has 2 N–H and O–H groups in total. The van der Waals surface area contributed by atoms with E-state index in [-0.39, 0.29) is 29.7 Å². The van der Waals surface area contributed by atoms with E-state index in [0.29, 0.717) is 10.7 Å². The molecule has 0 aliphatic heterocycles. The molecule has 38 heavy (non-hydrogen) atoms. The zero-order valence-corrected chi connectivity index (χ0v) is 24.5. The van der Waals surface area contributed by atoms with Crippen LogP contribution in [0.3, 0.4) is 0 Å². The van der Waals surface area contributed by atoms with Gasteiger partial charge in [-0.1, -0.05) is 45.4 Å². The molecule has 3 aromatic rings. The number of carbonyl (C=O) groups is 3. The summed E-state index contributed by atoms with van der Waals surface area (Å²) < 4.78 is 1.95. The summed E-state index contributed by atoms with van der Waals surface area (Å²) in [5, 5.41) is 7.69. The molecule has 0 unspecified atom stereocenters. The maximum atomic E-state index is 12.3. The van der Waals surface area contributed by atoms with Gasteiger partial charge in [-0.2, -0.15) is 0 Å². The van der Waals surface area contributed by atoms with Gasteiger partial charge in [-0.3, -0.25) is 14.4 Å². The number of hydrogen-bond donors (Lipinski definition) is 2. The fourth-order valence-electron chi connectivity index (χ4n) is 3.07. The molecule has 1 aromatic carbocycles. The first kappa shape index (κ1) is 30.7. The molecule has 0 aliphatic rings. The molecule has 0 radical (unpaired) electrons. The van der Waals surface area contributed by atoms with Crippen LogP contribution in [0, 0.1) is 12.8 Å². The molecule has 0 saturated heterocycles. The van der Waals surface area contributed by atoms with Gasteiger partial charge in [-0.05, 0) is 69.9 Å². The van der Waals surface area contributed by atoms with Crippen molar-refractivity contribution in [2.24, 2.45) is 5.92 Å². The SMILES string of the molecule is CC(=O)/C=C\c1ccc(-c2csc(NC(=O)CNC(=O)c3ccn(C(C)(C)C)c3)n2)cc1C.CCC(C)C. The van der Waals surface area contributed by atoms with Gasteiger partial charge in [0.25, 0.3) is 5.91 Å². The van der Waals surface area contributed by atoms with Crippen molar-refractivity contribution in [1.29, 1.82) is 0 Å². The number of thiazole rings is 1. The van der Waals surface area contributed by atoms with Crippen molar-refractivity contribution >= 4 is 40.1 Å². The Hall–Kier alpha value is -3.52. The largest absolute Gasteiger partial charge is 0.348 e. The van der Waals surface area contributed by atoms with Gasteiger partial charge in [-0.25, -0.2) is 4.98 Å². The lowest BCUT2D eigenvalue weighted by Gasteiger charge is -2.20. The highest BCUT2D eigenvalue weighted by molar-refractivity contribution is 7.14. The number of hydrogen-bond acceptors (Lipinski definition) is 5. The number of nitrogens with zero attached hydrogens (tertiary/aromatic N) is 2. The fourth-order valence-corrected chi connectivity index (χ4v) is 3.80. The lowest BCUT2D eigenvalue weighted by Crippen LogP contribution is -2.32. The van der Waals surface area contributed by atoms with Crippen molar-refractivity contribution in [3.8, 4) is 11.3 Å². The number of allylic oxidation sites excluding steroid dienone is 1. The van der Waals surface area contributed by atoms with Crippen molar-refractivity contribution in [3.63, 3.8) is 0 Å². The van der Waals surface area contributed by atoms with E-state index in [1.54, 1.807) is 18.3 Å². The average molecular weight is 537 g/mol. The van der Waals surface area contributed by atoms with Crippen molar-refractivity contribution < 1.29 is 14.4 Å². The van der Waals surface area contributed by atoms with Gasteiger partial charge in [0, 0.05) is 28.9 Å². The third-order valence-electron chi connectivity index (χ3n) is 5.77. The number of aromatic nitrogens is 2. The number of anilines is 1. The fraction of sp³-hybridized carbons (Fsp3) is 0.400. The highest BCUT2D eigenvalue weighted by atomic mass is 32.1. The zero-order chi connectivity index (χ0) is 28.5. The molecular weight excluding hydrogens is 496 g/mol. The Labute approximate surface area is 230 Å². The van der Waals surface area contributed by atoms with Crippen LogP contribution in [0.4, 0.5) is 5.13 Å². The molecule has 7 nitrogen and oxygen atoms in total. The van der Waals surface area contributed by atoms with E-state index in [9.17, 15) is 14.4 Å². The monoisotopic (exact) mass is 536 g/mol. The number of nitrogens with one attached hydrogen (secondary N) is 2.